The first-order chi connectivity index (χ1) is 7.99. The quantitative estimate of drug-likeness (QED) is 0.912. The van der Waals surface area contributed by atoms with Crippen LogP contribution in [-0.2, 0) is 10.0 Å². The lowest BCUT2D eigenvalue weighted by molar-refractivity contribution is 0.423. The van der Waals surface area contributed by atoms with Gasteiger partial charge in [-0.1, -0.05) is 5.16 Å². The fourth-order valence-electron chi connectivity index (χ4n) is 1.14. The standard InChI is InChI=1S/C9H6F2N2O3S/c10-6-1-2-7(11)8(5-6)17(14,15)13-9-3-4-16-12-9/h1-5H,(H,12,13). The molecule has 0 spiro atoms. The van der Waals surface area contributed by atoms with Crippen molar-refractivity contribution in [3.05, 3.63) is 42.2 Å². The van der Waals surface area contributed by atoms with Crippen LogP contribution in [0, 0.1) is 11.6 Å². The van der Waals surface area contributed by atoms with E-state index in [0.717, 1.165) is 18.4 Å². The van der Waals surface area contributed by atoms with Gasteiger partial charge in [-0.05, 0) is 18.2 Å². The van der Waals surface area contributed by atoms with Crippen molar-refractivity contribution >= 4 is 15.8 Å². The Hall–Kier alpha value is -1.96. The van der Waals surface area contributed by atoms with Crippen molar-refractivity contribution < 1.29 is 21.7 Å². The topological polar surface area (TPSA) is 72.2 Å². The number of aromatic nitrogens is 1. The van der Waals surface area contributed by atoms with E-state index in [1.807, 2.05) is 4.72 Å². The fourth-order valence-corrected chi connectivity index (χ4v) is 2.22. The Morgan fingerprint density at radius 1 is 1.24 bits per heavy atom. The predicted molar refractivity (Wildman–Crippen MR) is 53.7 cm³/mol. The van der Waals surface area contributed by atoms with Gasteiger partial charge in [-0.2, -0.15) is 0 Å². The van der Waals surface area contributed by atoms with Crippen molar-refractivity contribution in [1.82, 2.24) is 5.16 Å². The molecule has 0 aliphatic rings. The van der Waals surface area contributed by atoms with Crippen molar-refractivity contribution in [3.63, 3.8) is 0 Å². The van der Waals surface area contributed by atoms with Gasteiger partial charge in [0.25, 0.3) is 10.0 Å². The minimum atomic E-state index is -4.22. The summed E-state index contributed by atoms with van der Waals surface area (Å²) in [7, 11) is -4.22. The zero-order chi connectivity index (χ0) is 12.5. The van der Waals surface area contributed by atoms with Gasteiger partial charge in [-0.3, -0.25) is 4.72 Å². The van der Waals surface area contributed by atoms with Gasteiger partial charge in [0.05, 0.1) is 0 Å². The number of hydrogen-bond donors (Lipinski definition) is 1. The molecule has 0 atom stereocenters. The molecule has 2 aromatic rings. The van der Waals surface area contributed by atoms with Gasteiger partial charge >= 0.3 is 0 Å². The molecular weight excluding hydrogens is 254 g/mol. The highest BCUT2D eigenvalue weighted by atomic mass is 32.2. The molecule has 1 aromatic heterocycles. The highest BCUT2D eigenvalue weighted by Crippen LogP contribution is 2.18. The first kappa shape index (κ1) is 11.5. The summed E-state index contributed by atoms with van der Waals surface area (Å²) in [5.41, 5.74) is 0. The number of nitrogens with one attached hydrogen (secondary N) is 1. The molecule has 1 N–H and O–H groups in total. The Morgan fingerprint density at radius 2 is 2.00 bits per heavy atom. The van der Waals surface area contributed by atoms with Gasteiger partial charge in [-0.25, -0.2) is 17.2 Å². The second-order valence-electron chi connectivity index (χ2n) is 3.06. The highest BCUT2D eigenvalue weighted by Gasteiger charge is 2.20. The average Bonchev–Trinajstić information content (AvgIpc) is 2.73. The highest BCUT2D eigenvalue weighted by molar-refractivity contribution is 7.92. The molecule has 0 fully saturated rings. The van der Waals surface area contributed by atoms with Crippen LogP contribution in [0.4, 0.5) is 14.6 Å². The predicted octanol–water partition coefficient (Wildman–Crippen LogP) is 1.75. The molecule has 0 radical (unpaired) electrons. The number of rotatable bonds is 3. The van der Waals surface area contributed by atoms with Crippen molar-refractivity contribution in [2.45, 2.75) is 4.90 Å². The minimum Gasteiger partial charge on any atom is -0.363 e. The maximum absolute atomic E-state index is 13.3. The van der Waals surface area contributed by atoms with Crippen molar-refractivity contribution in [2.75, 3.05) is 4.72 Å². The lowest BCUT2D eigenvalue weighted by atomic mass is 10.3. The molecule has 2 rings (SSSR count). The summed E-state index contributed by atoms with van der Waals surface area (Å²) in [6.07, 6.45) is 1.14. The number of anilines is 1. The van der Waals surface area contributed by atoms with E-state index < -0.39 is 26.6 Å². The molecule has 0 aliphatic carbocycles. The molecule has 0 unspecified atom stereocenters. The third-order valence-corrected chi connectivity index (χ3v) is 3.23. The molecule has 0 saturated heterocycles. The Bertz CT molecular complexity index is 626. The molecule has 8 heteroatoms. The zero-order valence-corrected chi connectivity index (χ0v) is 9.04. The minimum absolute atomic E-state index is 0.117. The molecule has 0 bridgehead atoms. The third-order valence-electron chi connectivity index (χ3n) is 1.86. The molecule has 1 aromatic carbocycles. The molecule has 90 valence electrons. The van der Waals surface area contributed by atoms with Crippen LogP contribution in [-0.4, -0.2) is 13.6 Å². The van der Waals surface area contributed by atoms with Crippen LogP contribution in [0.25, 0.3) is 0 Å². The number of hydrogen-bond acceptors (Lipinski definition) is 4. The monoisotopic (exact) mass is 260 g/mol. The summed E-state index contributed by atoms with van der Waals surface area (Å²) < 4.78 is 55.8. The summed E-state index contributed by atoms with van der Waals surface area (Å²) >= 11 is 0. The van der Waals surface area contributed by atoms with E-state index in [1.165, 1.54) is 6.07 Å². The van der Waals surface area contributed by atoms with Gasteiger partial charge in [-0.15, -0.1) is 0 Å². The van der Waals surface area contributed by atoms with Crippen LogP contribution in [0.1, 0.15) is 0 Å². The molecule has 5 nitrogen and oxygen atoms in total. The van der Waals surface area contributed by atoms with E-state index >= 15 is 0 Å². The fraction of sp³-hybridized carbons (Fsp3) is 0. The SMILES string of the molecule is O=S(=O)(Nc1ccon1)c1cc(F)ccc1F. The van der Waals surface area contributed by atoms with E-state index in [1.54, 1.807) is 0 Å². The summed E-state index contributed by atoms with van der Waals surface area (Å²) in [6, 6.07) is 3.36. The average molecular weight is 260 g/mol. The summed E-state index contributed by atoms with van der Waals surface area (Å²) in [6.45, 7) is 0. The molecule has 17 heavy (non-hydrogen) atoms. The third kappa shape index (κ3) is 2.41. The Kier molecular flexibility index (Phi) is 2.80. The van der Waals surface area contributed by atoms with E-state index in [0.29, 0.717) is 6.07 Å². The van der Waals surface area contributed by atoms with E-state index in [-0.39, 0.29) is 5.82 Å². The Balaban J connectivity index is 2.41. The molecule has 0 saturated carbocycles. The van der Waals surface area contributed by atoms with Crippen molar-refractivity contribution in [2.24, 2.45) is 0 Å². The van der Waals surface area contributed by atoms with Crippen LogP contribution in [0.5, 0.6) is 0 Å². The lowest BCUT2D eigenvalue weighted by Gasteiger charge is -2.05. The number of sulfonamides is 1. The molecule has 1 heterocycles. The summed E-state index contributed by atoms with van der Waals surface area (Å²) in [4.78, 5) is -0.791. The molecule has 0 amide bonds. The van der Waals surface area contributed by atoms with Crippen LogP contribution in [0.15, 0.2) is 39.9 Å². The van der Waals surface area contributed by atoms with Gasteiger partial charge in [0, 0.05) is 6.07 Å². The van der Waals surface area contributed by atoms with E-state index in [2.05, 4.69) is 9.68 Å². The Morgan fingerprint density at radius 3 is 2.65 bits per heavy atom. The molecular formula is C9H6F2N2O3S. The first-order valence-electron chi connectivity index (χ1n) is 4.37. The van der Waals surface area contributed by atoms with Gasteiger partial charge in [0.15, 0.2) is 5.82 Å². The van der Waals surface area contributed by atoms with Gasteiger partial charge in [0.1, 0.15) is 22.8 Å². The zero-order valence-electron chi connectivity index (χ0n) is 8.22. The van der Waals surface area contributed by atoms with Crippen molar-refractivity contribution in [3.8, 4) is 0 Å². The van der Waals surface area contributed by atoms with Crippen LogP contribution >= 0.6 is 0 Å². The Labute approximate surface area is 95.1 Å². The van der Waals surface area contributed by atoms with E-state index in [4.69, 9.17) is 0 Å². The summed E-state index contributed by atoms with van der Waals surface area (Å²) in [5, 5.41) is 3.30. The van der Waals surface area contributed by atoms with E-state index in [9.17, 15) is 17.2 Å². The van der Waals surface area contributed by atoms with Crippen LogP contribution < -0.4 is 4.72 Å². The normalized spacial score (nSPS) is 11.4. The number of nitrogens with zero attached hydrogens (tertiary/aromatic N) is 1. The van der Waals surface area contributed by atoms with Crippen LogP contribution in [0.3, 0.4) is 0 Å². The lowest BCUT2D eigenvalue weighted by Crippen LogP contribution is -2.15. The maximum atomic E-state index is 13.3. The van der Waals surface area contributed by atoms with Crippen LogP contribution in [0.2, 0.25) is 0 Å². The largest absolute Gasteiger partial charge is 0.363 e. The number of halogens is 2. The van der Waals surface area contributed by atoms with Gasteiger partial charge in [0.2, 0.25) is 0 Å². The first-order valence-corrected chi connectivity index (χ1v) is 5.85. The van der Waals surface area contributed by atoms with Crippen molar-refractivity contribution in [1.29, 1.82) is 0 Å². The second kappa shape index (κ2) is 4.13. The number of benzene rings is 1. The second-order valence-corrected chi connectivity index (χ2v) is 4.72. The smallest absolute Gasteiger partial charge is 0.266 e. The summed E-state index contributed by atoms with van der Waals surface area (Å²) in [5.74, 6) is -2.03. The maximum Gasteiger partial charge on any atom is 0.266 e. The molecule has 0 aliphatic heterocycles. The van der Waals surface area contributed by atoms with Gasteiger partial charge < -0.3 is 4.52 Å².